The van der Waals surface area contributed by atoms with Crippen molar-refractivity contribution in [2.24, 2.45) is 10.4 Å². The predicted molar refractivity (Wildman–Crippen MR) is 127 cm³/mol. The smallest absolute Gasteiger partial charge is 0.191 e. The fraction of sp³-hybridized carbons (Fsp3) is 0.542. The van der Waals surface area contributed by atoms with Crippen molar-refractivity contribution in [2.45, 2.75) is 31.8 Å². The zero-order valence-electron chi connectivity index (χ0n) is 18.3. The number of ether oxygens (including phenoxy) is 1. The number of hydrogen-bond donors (Lipinski definition) is 3. The summed E-state index contributed by atoms with van der Waals surface area (Å²) in [6.45, 7) is 5.25. The van der Waals surface area contributed by atoms with E-state index < -0.39 is 0 Å². The first kappa shape index (κ1) is 22.3. The molecular weight excluding hydrogens is 408 g/mol. The number of aliphatic hydroxyl groups is 1. The minimum absolute atomic E-state index is 0.00653. The van der Waals surface area contributed by atoms with E-state index >= 15 is 0 Å². The molecule has 3 heterocycles. The summed E-state index contributed by atoms with van der Waals surface area (Å²) in [4.78, 5) is 8.55. The molecular formula is C24H34N4O2S. The Balaban J connectivity index is 1.41. The summed E-state index contributed by atoms with van der Waals surface area (Å²) in [5.74, 6) is 0.804. The SMILES string of the molecule is CN=C(NCC(c1ccccc1)N1CCc2sccc2C1)NCC1(CCO)CCOC1. The Labute approximate surface area is 189 Å². The van der Waals surface area contributed by atoms with Gasteiger partial charge >= 0.3 is 0 Å². The summed E-state index contributed by atoms with van der Waals surface area (Å²) in [6.07, 6.45) is 2.84. The van der Waals surface area contributed by atoms with Crippen LogP contribution in [0.5, 0.6) is 0 Å². The van der Waals surface area contributed by atoms with Crippen LogP contribution >= 0.6 is 11.3 Å². The number of aliphatic imine (C=N–C) groups is 1. The lowest BCUT2D eigenvalue weighted by Gasteiger charge is -2.35. The van der Waals surface area contributed by atoms with Crippen LogP contribution in [-0.2, 0) is 17.7 Å². The minimum Gasteiger partial charge on any atom is -0.396 e. The first-order valence-corrected chi connectivity index (χ1v) is 12.1. The highest BCUT2D eigenvalue weighted by Crippen LogP contribution is 2.32. The van der Waals surface area contributed by atoms with Crippen molar-refractivity contribution in [1.82, 2.24) is 15.5 Å². The second-order valence-corrected chi connectivity index (χ2v) is 9.60. The lowest BCUT2D eigenvalue weighted by molar-refractivity contribution is 0.127. The highest BCUT2D eigenvalue weighted by atomic mass is 32.1. The zero-order valence-corrected chi connectivity index (χ0v) is 19.2. The average Bonchev–Trinajstić information content (AvgIpc) is 3.46. The van der Waals surface area contributed by atoms with Gasteiger partial charge in [0, 0.05) is 56.7 Å². The van der Waals surface area contributed by atoms with E-state index in [9.17, 15) is 5.11 Å². The Kier molecular flexibility index (Phi) is 7.61. The van der Waals surface area contributed by atoms with E-state index in [1.54, 1.807) is 0 Å². The number of nitrogens with zero attached hydrogens (tertiary/aromatic N) is 2. The van der Waals surface area contributed by atoms with Gasteiger partial charge in [-0.25, -0.2) is 0 Å². The van der Waals surface area contributed by atoms with Crippen molar-refractivity contribution >= 4 is 17.3 Å². The Morgan fingerprint density at radius 2 is 2.16 bits per heavy atom. The van der Waals surface area contributed by atoms with E-state index in [2.05, 4.69) is 62.3 Å². The van der Waals surface area contributed by atoms with E-state index in [0.29, 0.717) is 6.61 Å². The van der Waals surface area contributed by atoms with Crippen molar-refractivity contribution < 1.29 is 9.84 Å². The summed E-state index contributed by atoms with van der Waals surface area (Å²) in [6, 6.07) is 13.3. The fourth-order valence-electron chi connectivity index (χ4n) is 4.67. The standard InChI is InChI=1S/C24H34N4O2S/c1-25-23(27-17-24(9-12-29)10-13-30-18-24)26-15-21(19-5-3-2-4-6-19)28-11-7-22-20(16-28)8-14-31-22/h2-6,8,14,21,29H,7,9-13,15-18H2,1H3,(H2,25,26,27). The molecule has 0 bridgehead atoms. The molecule has 0 aliphatic carbocycles. The minimum atomic E-state index is -0.00653. The molecule has 0 saturated carbocycles. The average molecular weight is 443 g/mol. The van der Waals surface area contributed by atoms with Gasteiger partial charge in [-0.05, 0) is 41.8 Å². The van der Waals surface area contributed by atoms with Gasteiger partial charge in [-0.15, -0.1) is 11.3 Å². The van der Waals surface area contributed by atoms with Crippen LogP contribution in [0.2, 0.25) is 0 Å². The molecule has 168 valence electrons. The molecule has 3 N–H and O–H groups in total. The van der Waals surface area contributed by atoms with E-state index in [0.717, 1.165) is 58.0 Å². The lowest BCUT2D eigenvalue weighted by atomic mass is 9.84. The summed E-state index contributed by atoms with van der Waals surface area (Å²) in [5, 5.41) is 18.7. The van der Waals surface area contributed by atoms with E-state index in [1.807, 2.05) is 18.4 Å². The third kappa shape index (κ3) is 5.47. The topological polar surface area (TPSA) is 69.1 Å². The number of benzene rings is 1. The lowest BCUT2D eigenvalue weighted by Crippen LogP contribution is -2.47. The third-order valence-corrected chi connectivity index (χ3v) is 7.63. The van der Waals surface area contributed by atoms with E-state index in [4.69, 9.17) is 4.74 Å². The molecule has 2 unspecified atom stereocenters. The van der Waals surface area contributed by atoms with E-state index in [-0.39, 0.29) is 18.1 Å². The molecule has 1 saturated heterocycles. The molecule has 0 amide bonds. The van der Waals surface area contributed by atoms with Gasteiger partial charge in [0.2, 0.25) is 0 Å². The molecule has 1 fully saturated rings. The van der Waals surface area contributed by atoms with E-state index in [1.165, 1.54) is 16.0 Å². The first-order valence-electron chi connectivity index (χ1n) is 11.2. The number of rotatable bonds is 8. The molecule has 2 atom stereocenters. The molecule has 2 aliphatic rings. The van der Waals surface area contributed by atoms with Crippen LogP contribution in [0.4, 0.5) is 0 Å². The molecule has 6 nitrogen and oxygen atoms in total. The fourth-order valence-corrected chi connectivity index (χ4v) is 5.56. The summed E-state index contributed by atoms with van der Waals surface area (Å²) < 4.78 is 5.62. The summed E-state index contributed by atoms with van der Waals surface area (Å²) >= 11 is 1.88. The van der Waals surface area contributed by atoms with Crippen molar-refractivity contribution in [3.8, 4) is 0 Å². The van der Waals surface area contributed by atoms with Crippen LogP contribution in [0.3, 0.4) is 0 Å². The number of guanidine groups is 1. The molecule has 0 radical (unpaired) electrons. The van der Waals surface area contributed by atoms with Gasteiger partial charge in [0.25, 0.3) is 0 Å². The summed E-state index contributed by atoms with van der Waals surface area (Å²) in [5.41, 5.74) is 2.78. The monoisotopic (exact) mass is 442 g/mol. The van der Waals surface area contributed by atoms with Crippen LogP contribution in [0.1, 0.15) is 34.9 Å². The second-order valence-electron chi connectivity index (χ2n) is 8.60. The zero-order chi connectivity index (χ0) is 21.5. The quantitative estimate of drug-likeness (QED) is 0.433. The Morgan fingerprint density at radius 1 is 1.29 bits per heavy atom. The predicted octanol–water partition coefficient (Wildman–Crippen LogP) is 2.80. The van der Waals surface area contributed by atoms with Crippen LogP contribution in [0, 0.1) is 5.41 Å². The maximum atomic E-state index is 9.48. The van der Waals surface area contributed by atoms with Crippen molar-refractivity contribution in [3.63, 3.8) is 0 Å². The van der Waals surface area contributed by atoms with Gasteiger partial charge in [-0.2, -0.15) is 0 Å². The largest absolute Gasteiger partial charge is 0.396 e. The maximum Gasteiger partial charge on any atom is 0.191 e. The van der Waals surface area contributed by atoms with Gasteiger partial charge in [0.1, 0.15) is 0 Å². The first-order chi connectivity index (χ1) is 15.2. The second kappa shape index (κ2) is 10.6. The molecule has 0 spiro atoms. The number of thiophene rings is 1. The number of aliphatic hydroxyl groups excluding tert-OH is 1. The van der Waals surface area contributed by atoms with Crippen LogP contribution < -0.4 is 10.6 Å². The Hall–Kier alpha value is -1.93. The van der Waals surface area contributed by atoms with Crippen molar-refractivity contribution in [3.05, 3.63) is 57.8 Å². The van der Waals surface area contributed by atoms with Crippen LogP contribution in [0.15, 0.2) is 46.8 Å². The molecule has 4 rings (SSSR count). The highest BCUT2D eigenvalue weighted by Gasteiger charge is 2.34. The van der Waals surface area contributed by atoms with Crippen LogP contribution in [0.25, 0.3) is 0 Å². The van der Waals surface area contributed by atoms with Crippen LogP contribution in [-0.4, -0.2) is 62.5 Å². The molecule has 1 aromatic heterocycles. The Bertz CT molecular complexity index is 848. The molecule has 1 aromatic carbocycles. The number of hydrogen-bond acceptors (Lipinski definition) is 5. The Morgan fingerprint density at radius 3 is 2.90 bits per heavy atom. The molecule has 7 heteroatoms. The number of fused-ring (bicyclic) bond motifs is 1. The van der Waals surface area contributed by atoms with Crippen molar-refractivity contribution in [1.29, 1.82) is 0 Å². The molecule has 2 aromatic rings. The maximum absolute atomic E-state index is 9.48. The van der Waals surface area contributed by atoms with Gasteiger partial charge < -0.3 is 20.5 Å². The van der Waals surface area contributed by atoms with Gasteiger partial charge in [0.05, 0.1) is 12.6 Å². The van der Waals surface area contributed by atoms with Gasteiger partial charge in [0.15, 0.2) is 5.96 Å². The molecule has 31 heavy (non-hydrogen) atoms. The number of nitrogens with one attached hydrogen (secondary N) is 2. The summed E-state index contributed by atoms with van der Waals surface area (Å²) in [7, 11) is 1.81. The van der Waals surface area contributed by atoms with Gasteiger partial charge in [-0.1, -0.05) is 30.3 Å². The normalized spacial score (nSPS) is 22.8. The molecule has 2 aliphatic heterocycles. The third-order valence-electron chi connectivity index (χ3n) is 6.61. The highest BCUT2D eigenvalue weighted by molar-refractivity contribution is 7.10. The van der Waals surface area contributed by atoms with Crippen molar-refractivity contribution in [2.75, 3.05) is 46.5 Å². The van der Waals surface area contributed by atoms with Gasteiger partial charge in [-0.3, -0.25) is 9.89 Å².